The second-order valence-corrected chi connectivity index (χ2v) is 6.63. The van der Waals surface area contributed by atoms with Gasteiger partial charge in [-0.15, -0.1) is 0 Å². The lowest BCUT2D eigenvalue weighted by molar-refractivity contribution is -0.124. The van der Waals surface area contributed by atoms with Crippen molar-refractivity contribution in [3.05, 3.63) is 0 Å². The molecule has 0 saturated heterocycles. The maximum absolute atomic E-state index is 12.1. The number of nitrogens with one attached hydrogen (secondary N) is 2. The van der Waals surface area contributed by atoms with Crippen LogP contribution >= 0.6 is 0 Å². The van der Waals surface area contributed by atoms with Crippen molar-refractivity contribution in [3.63, 3.8) is 0 Å². The smallest absolute Gasteiger partial charge is 0.312 e. The fourth-order valence-corrected chi connectivity index (χ4v) is 1.81. The molecule has 0 radical (unpaired) electrons. The first-order valence-electron chi connectivity index (χ1n) is 7.15. The number of carbonyl (C=O) groups excluding carboxylic acids is 2. The van der Waals surface area contributed by atoms with Crippen molar-refractivity contribution in [3.8, 4) is 0 Å². The summed E-state index contributed by atoms with van der Waals surface area (Å²) in [4.78, 5) is 22.7. The van der Waals surface area contributed by atoms with Gasteiger partial charge in [0.15, 0.2) is 0 Å². The van der Waals surface area contributed by atoms with Crippen LogP contribution in [-0.2, 0) is 4.79 Å². The molecule has 0 aliphatic heterocycles. The standard InChI is InChI=1S/C14H30N4O2/c1-9(2)11(15)12(19)18-10(14(3,4)5)7-6-8-17-13(16)20/h9-11H,6-8,15H2,1-5H3,(H,18,19)(H3,16,17,20)/t10-,11-/m0/s1. The van der Waals surface area contributed by atoms with Crippen LogP contribution in [0.15, 0.2) is 0 Å². The first kappa shape index (κ1) is 18.7. The molecule has 2 atom stereocenters. The monoisotopic (exact) mass is 286 g/mol. The Morgan fingerprint density at radius 1 is 1.20 bits per heavy atom. The summed E-state index contributed by atoms with van der Waals surface area (Å²) in [6.07, 6.45) is 1.52. The van der Waals surface area contributed by atoms with Crippen LogP contribution < -0.4 is 22.1 Å². The Morgan fingerprint density at radius 3 is 2.15 bits per heavy atom. The lowest BCUT2D eigenvalue weighted by Crippen LogP contribution is -2.51. The Balaban J connectivity index is 4.44. The highest BCUT2D eigenvalue weighted by Crippen LogP contribution is 2.23. The van der Waals surface area contributed by atoms with Gasteiger partial charge in [-0.2, -0.15) is 0 Å². The number of hydrogen-bond donors (Lipinski definition) is 4. The Bertz CT molecular complexity index is 324. The molecule has 0 saturated carbocycles. The summed E-state index contributed by atoms with van der Waals surface area (Å²) < 4.78 is 0. The summed E-state index contributed by atoms with van der Waals surface area (Å²) in [5.74, 6) is -0.0186. The third-order valence-electron chi connectivity index (χ3n) is 3.35. The highest BCUT2D eigenvalue weighted by molar-refractivity contribution is 5.82. The van der Waals surface area contributed by atoms with Gasteiger partial charge in [0.2, 0.25) is 5.91 Å². The molecule has 0 aromatic rings. The lowest BCUT2D eigenvalue weighted by atomic mass is 9.83. The maximum Gasteiger partial charge on any atom is 0.312 e. The Labute approximate surface area is 122 Å². The molecule has 3 amide bonds. The highest BCUT2D eigenvalue weighted by Gasteiger charge is 2.28. The van der Waals surface area contributed by atoms with Gasteiger partial charge in [-0.05, 0) is 24.2 Å². The van der Waals surface area contributed by atoms with E-state index in [4.69, 9.17) is 11.5 Å². The normalized spacial score (nSPS) is 14.8. The summed E-state index contributed by atoms with van der Waals surface area (Å²) in [6.45, 7) is 10.6. The Kier molecular flexibility index (Phi) is 7.57. The van der Waals surface area contributed by atoms with Crippen molar-refractivity contribution in [2.45, 2.75) is 59.5 Å². The first-order valence-corrected chi connectivity index (χ1v) is 7.15. The van der Waals surface area contributed by atoms with Gasteiger partial charge in [0.25, 0.3) is 0 Å². The van der Waals surface area contributed by atoms with Crippen LogP contribution in [0.5, 0.6) is 0 Å². The van der Waals surface area contributed by atoms with Crippen LogP contribution in [-0.4, -0.2) is 30.6 Å². The van der Waals surface area contributed by atoms with Crippen LogP contribution in [0.3, 0.4) is 0 Å². The van der Waals surface area contributed by atoms with E-state index in [1.807, 2.05) is 13.8 Å². The summed E-state index contributed by atoms with van der Waals surface area (Å²) in [6, 6.07) is -1.01. The molecule has 6 nitrogen and oxygen atoms in total. The average Bonchev–Trinajstić information content (AvgIpc) is 2.29. The van der Waals surface area contributed by atoms with E-state index < -0.39 is 12.1 Å². The fourth-order valence-electron chi connectivity index (χ4n) is 1.81. The number of amides is 3. The number of hydrogen-bond acceptors (Lipinski definition) is 3. The molecule has 20 heavy (non-hydrogen) atoms. The van der Waals surface area contributed by atoms with Crippen molar-refractivity contribution in [2.24, 2.45) is 22.8 Å². The molecule has 6 N–H and O–H groups in total. The predicted octanol–water partition coefficient (Wildman–Crippen LogP) is 0.949. The average molecular weight is 286 g/mol. The Morgan fingerprint density at radius 2 is 1.75 bits per heavy atom. The zero-order chi connectivity index (χ0) is 15.9. The van der Waals surface area contributed by atoms with Gasteiger partial charge in [-0.25, -0.2) is 4.79 Å². The van der Waals surface area contributed by atoms with Gasteiger partial charge >= 0.3 is 6.03 Å². The van der Waals surface area contributed by atoms with Gasteiger partial charge in [-0.3, -0.25) is 4.79 Å². The first-order chi connectivity index (χ1) is 9.05. The van der Waals surface area contributed by atoms with Crippen molar-refractivity contribution in [2.75, 3.05) is 6.54 Å². The third-order valence-corrected chi connectivity index (χ3v) is 3.35. The lowest BCUT2D eigenvalue weighted by Gasteiger charge is -2.33. The van der Waals surface area contributed by atoms with E-state index in [9.17, 15) is 9.59 Å². The summed E-state index contributed by atoms with van der Waals surface area (Å²) in [5, 5.41) is 5.57. The number of carbonyl (C=O) groups is 2. The minimum atomic E-state index is -0.525. The molecule has 0 aliphatic rings. The zero-order valence-electron chi connectivity index (χ0n) is 13.3. The summed E-state index contributed by atoms with van der Waals surface area (Å²) in [5.41, 5.74) is 10.8. The van der Waals surface area contributed by atoms with E-state index in [1.165, 1.54) is 0 Å². The highest BCUT2D eigenvalue weighted by atomic mass is 16.2. The summed E-state index contributed by atoms with van der Waals surface area (Å²) >= 11 is 0. The van der Waals surface area contributed by atoms with Crippen LogP contribution in [0.2, 0.25) is 0 Å². The van der Waals surface area contributed by atoms with Gasteiger partial charge in [0.1, 0.15) is 0 Å². The van der Waals surface area contributed by atoms with E-state index in [2.05, 4.69) is 31.4 Å². The van der Waals surface area contributed by atoms with Crippen LogP contribution in [0, 0.1) is 11.3 Å². The second-order valence-electron chi connectivity index (χ2n) is 6.63. The molecule has 0 bridgehead atoms. The van der Waals surface area contributed by atoms with Gasteiger partial charge < -0.3 is 22.1 Å². The molecular weight excluding hydrogens is 256 g/mol. The van der Waals surface area contributed by atoms with Gasteiger partial charge in [0, 0.05) is 12.6 Å². The number of urea groups is 1. The minimum Gasteiger partial charge on any atom is -0.352 e. The molecule has 0 aromatic heterocycles. The van der Waals surface area contributed by atoms with E-state index in [0.717, 1.165) is 12.8 Å². The summed E-state index contributed by atoms with van der Waals surface area (Å²) in [7, 11) is 0. The van der Waals surface area contributed by atoms with Crippen molar-refractivity contribution < 1.29 is 9.59 Å². The van der Waals surface area contributed by atoms with E-state index >= 15 is 0 Å². The molecular formula is C14H30N4O2. The van der Waals surface area contributed by atoms with Crippen molar-refractivity contribution >= 4 is 11.9 Å². The van der Waals surface area contributed by atoms with Crippen LogP contribution in [0.1, 0.15) is 47.5 Å². The minimum absolute atomic E-state index is 0.00877. The van der Waals surface area contributed by atoms with Gasteiger partial charge in [0.05, 0.1) is 6.04 Å². The third kappa shape index (κ3) is 7.33. The number of nitrogens with two attached hydrogens (primary N) is 2. The van der Waals surface area contributed by atoms with E-state index in [-0.39, 0.29) is 23.3 Å². The maximum atomic E-state index is 12.1. The number of rotatable bonds is 7. The molecule has 0 unspecified atom stereocenters. The largest absolute Gasteiger partial charge is 0.352 e. The number of primary amides is 1. The molecule has 0 rings (SSSR count). The topological polar surface area (TPSA) is 110 Å². The molecule has 6 heteroatoms. The predicted molar refractivity (Wildman–Crippen MR) is 81.0 cm³/mol. The molecule has 0 heterocycles. The van der Waals surface area contributed by atoms with Crippen molar-refractivity contribution in [1.29, 1.82) is 0 Å². The van der Waals surface area contributed by atoms with Crippen LogP contribution in [0.25, 0.3) is 0 Å². The Hall–Kier alpha value is -1.30. The second kappa shape index (κ2) is 8.09. The quantitative estimate of drug-likeness (QED) is 0.523. The SMILES string of the molecule is CC(C)[C@H](N)C(=O)N[C@@H](CCCNC(N)=O)C(C)(C)C. The van der Waals surface area contributed by atoms with E-state index in [0.29, 0.717) is 6.54 Å². The molecule has 118 valence electrons. The van der Waals surface area contributed by atoms with E-state index in [1.54, 1.807) is 0 Å². The fraction of sp³-hybridized carbons (Fsp3) is 0.857. The molecule has 0 aromatic carbocycles. The van der Waals surface area contributed by atoms with Gasteiger partial charge in [-0.1, -0.05) is 34.6 Å². The van der Waals surface area contributed by atoms with Crippen LogP contribution in [0.4, 0.5) is 4.79 Å². The zero-order valence-corrected chi connectivity index (χ0v) is 13.3. The molecule has 0 aliphatic carbocycles. The van der Waals surface area contributed by atoms with Crippen molar-refractivity contribution in [1.82, 2.24) is 10.6 Å². The molecule has 0 fully saturated rings. The molecule has 0 spiro atoms.